The van der Waals surface area contributed by atoms with Gasteiger partial charge in [0, 0.05) is 11.5 Å². The van der Waals surface area contributed by atoms with Crippen molar-refractivity contribution in [3.63, 3.8) is 0 Å². The first-order chi connectivity index (χ1) is 13.7. The summed E-state index contributed by atoms with van der Waals surface area (Å²) in [5, 5.41) is 42.4. The van der Waals surface area contributed by atoms with E-state index in [1.165, 1.54) is 56.2 Å². The molecule has 0 amide bonds. The van der Waals surface area contributed by atoms with Gasteiger partial charge in [0.1, 0.15) is 5.75 Å². The number of aliphatic hydroxyl groups is 2. The molecule has 2 bridgehead atoms. The number of nitrogens with zero attached hydrogens (tertiary/aromatic N) is 1. The van der Waals surface area contributed by atoms with Crippen molar-refractivity contribution >= 4 is 11.9 Å². The molecule has 1 aliphatic heterocycles. The molecule has 5 atom stereocenters. The molecule has 160 valence electrons. The molecule has 1 aromatic carbocycles. The number of hydrogen-bond acceptors (Lipinski definition) is 6. The maximum Gasteiger partial charge on any atom is 0.335 e. The number of aliphatic hydroxyl groups excluding tert-OH is 2. The molecule has 4 rings (SSSR count). The molecule has 1 heterocycles. The summed E-state index contributed by atoms with van der Waals surface area (Å²) < 4.78 is 0. The summed E-state index contributed by atoms with van der Waals surface area (Å²) in [6.07, 6.45) is 3.39. The van der Waals surface area contributed by atoms with Gasteiger partial charge in [-0.2, -0.15) is 0 Å². The maximum absolute atomic E-state index is 9.91. The molecule has 0 unspecified atom stereocenters. The minimum atomic E-state index is -2.27. The van der Waals surface area contributed by atoms with Gasteiger partial charge < -0.3 is 30.4 Å². The van der Waals surface area contributed by atoms with Gasteiger partial charge in [0.2, 0.25) is 0 Å². The topological polar surface area (TPSA) is 139 Å². The van der Waals surface area contributed by atoms with E-state index in [-0.39, 0.29) is 0 Å². The molecule has 1 saturated heterocycles. The number of aromatic hydroxyl groups is 1. The number of piperidine rings is 1. The van der Waals surface area contributed by atoms with Gasteiger partial charge >= 0.3 is 11.9 Å². The van der Waals surface area contributed by atoms with Crippen LogP contribution in [0.4, 0.5) is 0 Å². The van der Waals surface area contributed by atoms with Gasteiger partial charge in [-0.05, 0) is 68.5 Å². The van der Waals surface area contributed by atoms with Gasteiger partial charge in [-0.15, -0.1) is 0 Å². The zero-order valence-corrected chi connectivity index (χ0v) is 16.5. The lowest BCUT2D eigenvalue weighted by molar-refractivity contribution is -0.165. The largest absolute Gasteiger partial charge is 0.508 e. The van der Waals surface area contributed by atoms with Crippen molar-refractivity contribution < 1.29 is 35.1 Å². The Labute approximate surface area is 169 Å². The highest BCUT2D eigenvalue weighted by Crippen LogP contribution is 2.55. The fourth-order valence-electron chi connectivity index (χ4n) is 5.45. The molecule has 8 heteroatoms. The summed E-state index contributed by atoms with van der Waals surface area (Å²) in [6, 6.07) is 6.85. The highest BCUT2D eigenvalue weighted by Gasteiger charge is 2.53. The van der Waals surface area contributed by atoms with Crippen molar-refractivity contribution in [1.82, 2.24) is 4.90 Å². The number of benzene rings is 1. The minimum Gasteiger partial charge on any atom is -0.508 e. The number of phenols is 1. The number of likely N-dealkylation sites (N-methyl/N-ethyl adjacent to an activating group) is 1. The van der Waals surface area contributed by atoms with Crippen molar-refractivity contribution in [2.45, 2.75) is 62.2 Å². The summed E-state index contributed by atoms with van der Waals surface area (Å²) in [4.78, 5) is 22.1. The maximum atomic E-state index is 9.91. The molecule has 5 N–H and O–H groups in total. The van der Waals surface area contributed by atoms with Crippen molar-refractivity contribution in [3.05, 3.63) is 29.3 Å². The number of phenolic OH excluding ortho intramolecular Hbond substituents is 1. The summed E-state index contributed by atoms with van der Waals surface area (Å²) in [7, 11) is 2.30. The Balaban J connectivity index is 0.000000207. The van der Waals surface area contributed by atoms with Crippen LogP contribution < -0.4 is 0 Å². The van der Waals surface area contributed by atoms with Gasteiger partial charge in [0.25, 0.3) is 0 Å². The Bertz CT molecular complexity index is 764. The van der Waals surface area contributed by atoms with Crippen LogP contribution in [0.25, 0.3) is 0 Å². The standard InChI is InChI=1S/C17H23NO.C4H6O6/c1-18-9-8-17-7-3-2-4-14(17)16(18)10-12-5-6-13(19)11-15(12)17;5-1(3(7)8)2(6)4(9)10/h5-6,11,14,16,19H,2-4,7-10H2,1H3;1-2,5-6H,(H,7,8)(H,9,10)/t14-,16-,17-;1-,2-/m00/s1. The average molecular weight is 407 g/mol. The Morgan fingerprint density at radius 2 is 1.76 bits per heavy atom. The molecule has 8 nitrogen and oxygen atoms in total. The number of carbonyl (C=O) groups is 2. The molecule has 0 aromatic heterocycles. The van der Waals surface area contributed by atoms with E-state index in [1.54, 1.807) is 0 Å². The van der Waals surface area contributed by atoms with Crippen LogP contribution in [0.15, 0.2) is 18.2 Å². The average Bonchev–Trinajstić information content (AvgIpc) is 2.70. The Kier molecular flexibility index (Phi) is 6.16. The summed E-state index contributed by atoms with van der Waals surface area (Å²) >= 11 is 0. The van der Waals surface area contributed by atoms with Crippen molar-refractivity contribution in [2.75, 3.05) is 13.6 Å². The number of likely N-dealkylation sites (tertiary alicyclic amines) is 1. The van der Waals surface area contributed by atoms with Crippen LogP contribution in [-0.4, -0.2) is 74.2 Å². The van der Waals surface area contributed by atoms with Crippen LogP contribution in [-0.2, 0) is 21.4 Å². The molecule has 1 aromatic rings. The highest BCUT2D eigenvalue weighted by atomic mass is 16.4. The fraction of sp³-hybridized carbons (Fsp3) is 0.619. The predicted octanol–water partition coefficient (Wildman–Crippen LogP) is 0.958. The number of hydrogen-bond donors (Lipinski definition) is 5. The van der Waals surface area contributed by atoms with Gasteiger partial charge in [0.05, 0.1) is 0 Å². The van der Waals surface area contributed by atoms with Crippen molar-refractivity contribution in [1.29, 1.82) is 0 Å². The molecule has 2 aliphatic carbocycles. The highest BCUT2D eigenvalue weighted by molar-refractivity contribution is 5.83. The summed E-state index contributed by atoms with van der Waals surface area (Å²) in [6.45, 7) is 1.22. The fourth-order valence-corrected chi connectivity index (χ4v) is 5.45. The minimum absolute atomic E-state index is 0.377. The molecule has 1 saturated carbocycles. The first kappa shape index (κ1) is 21.5. The molecule has 29 heavy (non-hydrogen) atoms. The Morgan fingerprint density at radius 3 is 2.38 bits per heavy atom. The molecule has 0 spiro atoms. The van der Waals surface area contributed by atoms with E-state index in [2.05, 4.69) is 24.1 Å². The van der Waals surface area contributed by atoms with Crippen LogP contribution in [0.1, 0.15) is 43.2 Å². The quantitative estimate of drug-likeness (QED) is 0.499. The lowest BCUT2D eigenvalue weighted by atomic mass is 9.52. The second-order valence-electron chi connectivity index (χ2n) is 8.42. The smallest absolute Gasteiger partial charge is 0.335 e. The molecular weight excluding hydrogens is 378 g/mol. The van der Waals surface area contributed by atoms with E-state index in [0.29, 0.717) is 11.2 Å². The first-order valence-corrected chi connectivity index (χ1v) is 10.0. The summed E-state index contributed by atoms with van der Waals surface area (Å²) in [5.41, 5.74) is 3.36. The Morgan fingerprint density at radius 1 is 1.10 bits per heavy atom. The third-order valence-corrected chi connectivity index (χ3v) is 6.90. The monoisotopic (exact) mass is 407 g/mol. The molecular formula is C21H29NO7. The first-order valence-electron chi connectivity index (χ1n) is 10.0. The second kappa shape index (κ2) is 8.30. The van der Waals surface area contributed by atoms with Gasteiger partial charge in [-0.1, -0.05) is 18.9 Å². The third kappa shape index (κ3) is 3.97. The lowest BCUT2D eigenvalue weighted by Crippen LogP contribution is -2.59. The van der Waals surface area contributed by atoms with E-state index in [1.807, 2.05) is 6.07 Å². The lowest BCUT2D eigenvalue weighted by Gasteiger charge is -2.58. The molecule has 2 fully saturated rings. The third-order valence-electron chi connectivity index (χ3n) is 6.90. The molecule has 3 aliphatic rings. The van der Waals surface area contributed by atoms with Crippen LogP contribution >= 0.6 is 0 Å². The number of aliphatic carboxylic acids is 2. The van der Waals surface area contributed by atoms with Crippen LogP contribution in [0.2, 0.25) is 0 Å². The van der Waals surface area contributed by atoms with Crippen LogP contribution in [0, 0.1) is 5.92 Å². The summed E-state index contributed by atoms with van der Waals surface area (Å²) in [5.74, 6) is -2.27. The number of carboxylic acid groups (broad SMARTS) is 2. The van der Waals surface area contributed by atoms with E-state index < -0.39 is 24.1 Å². The van der Waals surface area contributed by atoms with Crippen molar-refractivity contribution in [2.24, 2.45) is 5.92 Å². The van der Waals surface area contributed by atoms with Gasteiger partial charge in [0.15, 0.2) is 12.2 Å². The van der Waals surface area contributed by atoms with Crippen molar-refractivity contribution in [3.8, 4) is 5.75 Å². The SMILES string of the molecule is CN1CC[C@@]23CCCC[C@H]2[C@@H]1Cc1ccc(O)cc13.O=C(O)[C@@H](O)[C@H](O)C(=O)O. The Hall–Kier alpha value is -2.16. The van der Waals surface area contributed by atoms with Crippen LogP contribution in [0.5, 0.6) is 5.75 Å². The zero-order valence-electron chi connectivity index (χ0n) is 16.5. The van der Waals surface area contributed by atoms with E-state index >= 15 is 0 Å². The van der Waals surface area contributed by atoms with Gasteiger partial charge in [-0.3, -0.25) is 0 Å². The molecule has 0 radical (unpaired) electrons. The second-order valence-corrected chi connectivity index (χ2v) is 8.42. The van der Waals surface area contributed by atoms with E-state index in [0.717, 1.165) is 12.0 Å². The van der Waals surface area contributed by atoms with Gasteiger partial charge in [-0.25, -0.2) is 9.59 Å². The van der Waals surface area contributed by atoms with E-state index in [9.17, 15) is 14.7 Å². The number of fused-ring (bicyclic) bond motifs is 1. The zero-order chi connectivity index (χ0) is 21.3. The number of rotatable bonds is 3. The normalized spacial score (nSPS) is 30.0. The number of carboxylic acids is 2. The van der Waals surface area contributed by atoms with Crippen LogP contribution in [0.3, 0.4) is 0 Å². The van der Waals surface area contributed by atoms with E-state index in [4.69, 9.17) is 20.4 Å². The predicted molar refractivity (Wildman–Crippen MR) is 104 cm³/mol.